The van der Waals surface area contributed by atoms with E-state index < -0.39 is 27.3 Å². The van der Waals surface area contributed by atoms with Crippen molar-refractivity contribution in [3.63, 3.8) is 0 Å². The molecule has 0 aliphatic heterocycles. The van der Waals surface area contributed by atoms with Crippen molar-refractivity contribution in [3.8, 4) is 17.2 Å². The minimum Gasteiger partial charge on any atom is -0.495 e. The quantitative estimate of drug-likeness (QED) is 0.258. The summed E-state index contributed by atoms with van der Waals surface area (Å²) in [6.45, 7) is 2.33. The summed E-state index contributed by atoms with van der Waals surface area (Å²) < 4.78 is 48.0. The molecule has 8 rings (SSSR count). The van der Waals surface area contributed by atoms with E-state index in [1.54, 1.807) is 53.1 Å². The summed E-state index contributed by atoms with van der Waals surface area (Å²) in [7, 11) is -3.09. The van der Waals surface area contributed by atoms with Crippen LogP contribution < -0.4 is 25.2 Å². The number of hydrogen-bond donors (Lipinski definition) is 1. The van der Waals surface area contributed by atoms with Crippen molar-refractivity contribution in [1.82, 2.24) is 8.54 Å². The van der Waals surface area contributed by atoms with Gasteiger partial charge >= 0.3 is 11.8 Å². The van der Waals surface area contributed by atoms with Crippen LogP contribution in [0.3, 0.4) is 0 Å². The lowest BCUT2D eigenvalue weighted by molar-refractivity contribution is -0.0426. The van der Waals surface area contributed by atoms with E-state index in [4.69, 9.17) is 14.2 Å². The lowest BCUT2D eigenvalue weighted by Gasteiger charge is -2.57. The summed E-state index contributed by atoms with van der Waals surface area (Å²) in [6.07, 6.45) is 5.44. The standard InChI is InChI=1S/C33H35N3O7S/c1-3-42-26-10-11-27-28(17-26)35(33-18-21-13-22(19-33)15-23(14-21)20-33)32(38)36(27)44(39,40)30-12-9-24(16-29(30)41-2)34-31(37)43-25-7-5-4-6-8-25/h4-12,16-17,21-23H,3,13-15,18-20H2,1-2H3,(H,34,37). The molecule has 0 atom stereocenters. The molecule has 230 valence electrons. The Hall–Kier alpha value is -4.25. The average molecular weight is 618 g/mol. The Labute approximate surface area is 255 Å². The first-order valence-corrected chi connectivity index (χ1v) is 16.5. The molecule has 4 aromatic rings. The molecule has 11 heteroatoms. The molecule has 1 heterocycles. The second kappa shape index (κ2) is 10.7. The molecule has 4 bridgehead atoms. The van der Waals surface area contributed by atoms with Crippen LogP contribution in [0.1, 0.15) is 45.4 Å². The van der Waals surface area contributed by atoms with E-state index in [-0.39, 0.29) is 16.3 Å². The van der Waals surface area contributed by atoms with E-state index in [1.165, 1.54) is 44.6 Å². The van der Waals surface area contributed by atoms with Crippen LogP contribution in [0.4, 0.5) is 10.5 Å². The molecule has 1 aromatic heterocycles. The number of para-hydroxylation sites is 1. The number of ether oxygens (including phenoxy) is 3. The highest BCUT2D eigenvalue weighted by atomic mass is 32.2. The van der Waals surface area contributed by atoms with E-state index in [1.807, 2.05) is 6.92 Å². The predicted molar refractivity (Wildman–Crippen MR) is 165 cm³/mol. The first-order chi connectivity index (χ1) is 21.2. The van der Waals surface area contributed by atoms with E-state index >= 15 is 0 Å². The van der Waals surface area contributed by atoms with Gasteiger partial charge in [-0.1, -0.05) is 18.2 Å². The molecule has 1 N–H and O–H groups in total. The maximum atomic E-state index is 14.5. The first-order valence-electron chi connectivity index (χ1n) is 15.1. The molecule has 0 unspecified atom stereocenters. The minimum absolute atomic E-state index is 0.0175. The van der Waals surface area contributed by atoms with Crippen LogP contribution in [0, 0.1) is 17.8 Å². The predicted octanol–water partition coefficient (Wildman–Crippen LogP) is 5.98. The number of carbonyl (C=O) groups excluding carboxylic acids is 1. The summed E-state index contributed by atoms with van der Waals surface area (Å²) in [5, 5.41) is 2.60. The van der Waals surface area contributed by atoms with Crippen LogP contribution in [0.15, 0.2) is 76.4 Å². The monoisotopic (exact) mass is 617 g/mol. The number of benzene rings is 3. The van der Waals surface area contributed by atoms with Crippen molar-refractivity contribution in [1.29, 1.82) is 0 Å². The second-order valence-electron chi connectivity index (χ2n) is 12.3. The molecule has 10 nitrogen and oxygen atoms in total. The zero-order valence-corrected chi connectivity index (χ0v) is 25.5. The highest BCUT2D eigenvalue weighted by molar-refractivity contribution is 7.90. The van der Waals surface area contributed by atoms with Crippen LogP contribution in [-0.2, 0) is 15.6 Å². The molecule has 0 spiro atoms. The molecule has 4 fully saturated rings. The van der Waals surface area contributed by atoms with Gasteiger partial charge in [0.15, 0.2) is 0 Å². The van der Waals surface area contributed by atoms with Crippen molar-refractivity contribution < 1.29 is 27.4 Å². The van der Waals surface area contributed by atoms with Gasteiger partial charge in [0.2, 0.25) is 0 Å². The van der Waals surface area contributed by atoms with Crippen molar-refractivity contribution in [2.45, 2.75) is 55.9 Å². The topological polar surface area (TPSA) is 118 Å². The van der Waals surface area contributed by atoms with Gasteiger partial charge in [-0.3, -0.25) is 9.88 Å². The fourth-order valence-corrected chi connectivity index (χ4v) is 9.77. The van der Waals surface area contributed by atoms with Crippen molar-refractivity contribution in [3.05, 3.63) is 77.2 Å². The highest BCUT2D eigenvalue weighted by Crippen LogP contribution is 2.59. The number of nitrogens with one attached hydrogen (secondary N) is 1. The highest BCUT2D eigenvalue weighted by Gasteiger charge is 2.53. The molecular formula is C33H35N3O7S. The Bertz CT molecular complexity index is 1880. The molecule has 44 heavy (non-hydrogen) atoms. The Balaban J connectivity index is 1.31. The molecule has 4 saturated carbocycles. The van der Waals surface area contributed by atoms with E-state index in [2.05, 4.69) is 5.32 Å². The summed E-state index contributed by atoms with van der Waals surface area (Å²) in [6, 6.07) is 17.9. The summed E-state index contributed by atoms with van der Waals surface area (Å²) in [5.74, 6) is 2.57. The van der Waals surface area contributed by atoms with Gasteiger partial charge in [0.1, 0.15) is 22.1 Å². The summed E-state index contributed by atoms with van der Waals surface area (Å²) >= 11 is 0. The Morgan fingerprint density at radius 1 is 0.909 bits per heavy atom. The van der Waals surface area contributed by atoms with Crippen molar-refractivity contribution >= 4 is 32.8 Å². The summed E-state index contributed by atoms with van der Waals surface area (Å²) in [4.78, 5) is 26.7. The largest absolute Gasteiger partial charge is 0.495 e. The van der Waals surface area contributed by atoms with E-state index in [0.29, 0.717) is 46.9 Å². The van der Waals surface area contributed by atoms with Gasteiger partial charge < -0.3 is 14.2 Å². The van der Waals surface area contributed by atoms with Gasteiger partial charge in [0, 0.05) is 17.8 Å². The van der Waals surface area contributed by atoms with Crippen molar-refractivity contribution in [2.75, 3.05) is 19.0 Å². The third-order valence-electron chi connectivity index (χ3n) is 9.44. The van der Waals surface area contributed by atoms with Gasteiger partial charge in [-0.05, 0) is 99.6 Å². The lowest BCUT2D eigenvalue weighted by Crippen LogP contribution is -2.54. The number of anilines is 1. The number of hydrogen-bond acceptors (Lipinski definition) is 7. The van der Waals surface area contributed by atoms with Crippen LogP contribution in [0.5, 0.6) is 17.2 Å². The van der Waals surface area contributed by atoms with Crippen molar-refractivity contribution in [2.24, 2.45) is 17.8 Å². The van der Waals surface area contributed by atoms with Gasteiger partial charge in [0.25, 0.3) is 10.0 Å². The number of amides is 1. The maximum Gasteiger partial charge on any atom is 0.417 e. The van der Waals surface area contributed by atoms with Crippen LogP contribution in [0.25, 0.3) is 11.0 Å². The fraction of sp³-hybridized carbons (Fsp3) is 0.394. The molecule has 0 saturated heterocycles. The average Bonchev–Trinajstić information content (AvgIpc) is 3.29. The number of carbonyl (C=O) groups is 1. The zero-order valence-electron chi connectivity index (χ0n) is 24.7. The van der Waals surface area contributed by atoms with Crippen LogP contribution in [0.2, 0.25) is 0 Å². The number of rotatable bonds is 8. The van der Waals surface area contributed by atoms with Crippen LogP contribution >= 0.6 is 0 Å². The van der Waals surface area contributed by atoms with Gasteiger partial charge in [-0.25, -0.2) is 18.0 Å². The molecule has 1 amide bonds. The van der Waals surface area contributed by atoms with Gasteiger partial charge in [0.05, 0.1) is 30.3 Å². The molecule has 4 aliphatic rings. The second-order valence-corrected chi connectivity index (χ2v) is 14.1. The number of aromatic nitrogens is 2. The Morgan fingerprint density at radius 3 is 2.23 bits per heavy atom. The fourth-order valence-electron chi connectivity index (χ4n) is 8.23. The summed E-state index contributed by atoms with van der Waals surface area (Å²) in [5.41, 5.74) is 0.127. The molecular weight excluding hydrogens is 582 g/mol. The number of imidazole rings is 1. The lowest BCUT2D eigenvalue weighted by atomic mass is 9.53. The smallest absolute Gasteiger partial charge is 0.417 e. The minimum atomic E-state index is -4.43. The normalized spacial score (nSPS) is 23.9. The maximum absolute atomic E-state index is 14.5. The van der Waals surface area contributed by atoms with Gasteiger partial charge in [-0.2, -0.15) is 3.97 Å². The van der Waals surface area contributed by atoms with Gasteiger partial charge in [-0.15, -0.1) is 0 Å². The number of fused-ring (bicyclic) bond motifs is 1. The molecule has 4 aliphatic carbocycles. The number of methoxy groups -OCH3 is 1. The van der Waals surface area contributed by atoms with Crippen LogP contribution in [-0.4, -0.2) is 36.8 Å². The van der Waals surface area contributed by atoms with E-state index in [9.17, 15) is 18.0 Å². The molecule has 0 radical (unpaired) electrons. The Morgan fingerprint density at radius 2 is 1.59 bits per heavy atom. The Kier molecular flexibility index (Phi) is 6.95. The first kappa shape index (κ1) is 28.5. The third-order valence-corrected chi connectivity index (χ3v) is 11.2. The number of nitrogens with zero attached hydrogens (tertiary/aromatic N) is 2. The molecule has 3 aromatic carbocycles. The van der Waals surface area contributed by atoms with E-state index in [0.717, 1.165) is 23.2 Å². The zero-order chi connectivity index (χ0) is 30.6. The third kappa shape index (κ3) is 4.74. The SMILES string of the molecule is CCOc1ccc2c(c1)n(C13CC4CC(CC(C4)C1)C3)c(=O)n2S(=O)(=O)c1ccc(NC(=O)Oc2ccccc2)cc1OC.